The van der Waals surface area contributed by atoms with Crippen molar-refractivity contribution >= 4 is 22.3 Å². The van der Waals surface area contributed by atoms with Crippen molar-refractivity contribution in [2.24, 2.45) is 0 Å². The van der Waals surface area contributed by atoms with E-state index in [4.69, 9.17) is 4.55 Å². The average molecular weight is 289 g/mol. The van der Waals surface area contributed by atoms with E-state index in [1.807, 2.05) is 0 Å². The van der Waals surface area contributed by atoms with Gasteiger partial charge in [-0.3, -0.25) is 9.35 Å². The van der Waals surface area contributed by atoms with Gasteiger partial charge in [-0.05, 0) is 6.08 Å². The Balaban J connectivity index is 1.83. The highest BCUT2D eigenvalue weighted by molar-refractivity contribution is 7.80. The van der Waals surface area contributed by atoms with Crippen molar-refractivity contribution in [3.05, 3.63) is 11.8 Å². The van der Waals surface area contributed by atoms with Crippen molar-refractivity contribution in [2.75, 3.05) is 19.6 Å². The van der Waals surface area contributed by atoms with Crippen LogP contribution in [0.3, 0.4) is 0 Å². The molecule has 3 rings (SSSR count). The number of β-lactam (4-membered cyclic amide) rings is 1. The standard InChI is InChI=1S/C9H11N3O6S/c13-8-1-2-11(8)6-3-7-5-10(4-6)9(14)12(7)18-19(15,16)17/h3,7H,1-2,4-5H2,(H,15,16,17). The van der Waals surface area contributed by atoms with Gasteiger partial charge in [-0.15, -0.1) is 4.28 Å². The Labute approximate surface area is 108 Å². The van der Waals surface area contributed by atoms with E-state index in [0.29, 0.717) is 23.7 Å². The Hall–Kier alpha value is -1.65. The van der Waals surface area contributed by atoms with Gasteiger partial charge in [-0.25, -0.2) is 4.79 Å². The zero-order valence-corrected chi connectivity index (χ0v) is 10.5. The molecule has 104 valence electrons. The predicted molar refractivity (Wildman–Crippen MR) is 59.6 cm³/mol. The van der Waals surface area contributed by atoms with E-state index in [0.717, 1.165) is 0 Å². The Morgan fingerprint density at radius 2 is 2.11 bits per heavy atom. The molecule has 3 heterocycles. The van der Waals surface area contributed by atoms with E-state index in [2.05, 4.69) is 4.28 Å². The van der Waals surface area contributed by atoms with Crippen molar-refractivity contribution in [1.82, 2.24) is 14.9 Å². The van der Waals surface area contributed by atoms with Crippen molar-refractivity contribution in [3.63, 3.8) is 0 Å². The maximum Gasteiger partial charge on any atom is 0.418 e. The molecular formula is C9H11N3O6S. The molecule has 0 spiro atoms. The number of hydrogen-bond acceptors (Lipinski definition) is 5. The molecule has 3 aliphatic rings. The quantitative estimate of drug-likeness (QED) is 0.525. The van der Waals surface area contributed by atoms with Crippen molar-refractivity contribution < 1.29 is 26.8 Å². The second-order valence-electron chi connectivity index (χ2n) is 4.51. The molecule has 3 amide bonds. The van der Waals surface area contributed by atoms with Crippen LogP contribution in [0, 0.1) is 0 Å². The Kier molecular flexibility index (Phi) is 2.56. The van der Waals surface area contributed by atoms with Gasteiger partial charge in [-0.2, -0.15) is 13.5 Å². The fraction of sp³-hybridized carbons (Fsp3) is 0.556. The maximum atomic E-state index is 11.8. The van der Waals surface area contributed by atoms with Crippen molar-refractivity contribution in [1.29, 1.82) is 0 Å². The van der Waals surface area contributed by atoms with Gasteiger partial charge in [0.25, 0.3) is 0 Å². The number of nitrogens with zero attached hydrogens (tertiary/aromatic N) is 3. The first kappa shape index (κ1) is 12.4. The molecule has 0 radical (unpaired) electrons. The summed E-state index contributed by atoms with van der Waals surface area (Å²) in [6.07, 6.45) is 2.09. The molecule has 1 unspecified atom stereocenters. The van der Waals surface area contributed by atoms with Gasteiger partial charge in [0.05, 0.1) is 6.54 Å². The summed E-state index contributed by atoms with van der Waals surface area (Å²) in [5.41, 5.74) is 0.655. The lowest BCUT2D eigenvalue weighted by Crippen LogP contribution is -2.47. The zero-order valence-electron chi connectivity index (χ0n) is 9.72. The summed E-state index contributed by atoms with van der Waals surface area (Å²) in [6.45, 7) is 1.09. The van der Waals surface area contributed by atoms with E-state index < -0.39 is 22.5 Å². The molecule has 2 bridgehead atoms. The minimum absolute atomic E-state index is 0.0246. The van der Waals surface area contributed by atoms with E-state index in [-0.39, 0.29) is 19.0 Å². The largest absolute Gasteiger partial charge is 0.418 e. The van der Waals surface area contributed by atoms with E-state index in [1.165, 1.54) is 4.90 Å². The summed E-state index contributed by atoms with van der Waals surface area (Å²) in [4.78, 5) is 26.1. The molecular weight excluding hydrogens is 278 g/mol. The summed E-state index contributed by atoms with van der Waals surface area (Å²) in [6, 6.07) is -1.28. The first-order chi connectivity index (χ1) is 8.85. The average Bonchev–Trinajstić information content (AvgIpc) is 2.50. The van der Waals surface area contributed by atoms with Crippen LogP contribution in [0.15, 0.2) is 11.8 Å². The number of carbonyl (C=O) groups excluding carboxylic acids is 2. The van der Waals surface area contributed by atoms with Crippen LogP contribution in [0.4, 0.5) is 4.79 Å². The molecule has 0 aromatic rings. The highest BCUT2D eigenvalue weighted by atomic mass is 32.3. The van der Waals surface area contributed by atoms with Crippen LogP contribution in [0.1, 0.15) is 6.42 Å². The summed E-state index contributed by atoms with van der Waals surface area (Å²) in [5, 5.41) is 0.604. The SMILES string of the molecule is O=C1CCN1C1=CC2CN(C1)C(=O)N2OS(=O)(=O)O. The van der Waals surface area contributed by atoms with Crippen molar-refractivity contribution in [3.8, 4) is 0 Å². The summed E-state index contributed by atoms with van der Waals surface area (Å²) < 4.78 is 34.3. The number of hydrogen-bond donors (Lipinski definition) is 1. The Bertz CT molecular complexity index is 585. The molecule has 0 aliphatic carbocycles. The molecule has 2 saturated heterocycles. The van der Waals surface area contributed by atoms with Crippen LogP contribution in [0.25, 0.3) is 0 Å². The topological polar surface area (TPSA) is 107 Å². The third-order valence-electron chi connectivity index (χ3n) is 3.28. The fourth-order valence-corrected chi connectivity index (χ4v) is 2.74. The lowest BCUT2D eigenvalue weighted by Gasteiger charge is -2.36. The van der Waals surface area contributed by atoms with Gasteiger partial charge in [0.1, 0.15) is 6.04 Å². The lowest BCUT2D eigenvalue weighted by molar-refractivity contribution is -0.137. The van der Waals surface area contributed by atoms with Gasteiger partial charge in [0, 0.05) is 25.2 Å². The number of urea groups is 1. The minimum Gasteiger partial charge on any atom is -0.315 e. The van der Waals surface area contributed by atoms with Gasteiger partial charge < -0.3 is 9.80 Å². The predicted octanol–water partition coefficient (Wildman–Crippen LogP) is -1.04. The Morgan fingerprint density at radius 1 is 1.37 bits per heavy atom. The van der Waals surface area contributed by atoms with Crippen LogP contribution in [-0.4, -0.2) is 65.4 Å². The molecule has 0 aromatic carbocycles. The highest BCUT2D eigenvalue weighted by Gasteiger charge is 2.45. The fourth-order valence-electron chi connectivity index (χ4n) is 2.36. The number of fused-ring (bicyclic) bond motifs is 2. The van der Waals surface area contributed by atoms with Crippen LogP contribution in [-0.2, 0) is 19.5 Å². The maximum absolute atomic E-state index is 11.8. The minimum atomic E-state index is -4.75. The molecule has 10 heteroatoms. The third-order valence-corrected chi connectivity index (χ3v) is 3.63. The number of likely N-dealkylation sites (tertiary alicyclic amines) is 1. The van der Waals surface area contributed by atoms with E-state index in [9.17, 15) is 18.0 Å². The van der Waals surface area contributed by atoms with Gasteiger partial charge in [-0.1, -0.05) is 0 Å². The van der Waals surface area contributed by atoms with Crippen molar-refractivity contribution in [2.45, 2.75) is 12.5 Å². The monoisotopic (exact) mass is 289 g/mol. The normalized spacial score (nSPS) is 26.7. The number of hydroxylamine groups is 2. The van der Waals surface area contributed by atoms with Gasteiger partial charge in [0.15, 0.2) is 0 Å². The lowest BCUT2D eigenvalue weighted by atomic mass is 10.1. The Morgan fingerprint density at radius 3 is 2.63 bits per heavy atom. The van der Waals surface area contributed by atoms with Gasteiger partial charge >= 0.3 is 16.4 Å². The molecule has 1 N–H and O–H groups in total. The van der Waals surface area contributed by atoms with Crippen LogP contribution < -0.4 is 0 Å². The first-order valence-electron chi connectivity index (χ1n) is 5.61. The smallest absolute Gasteiger partial charge is 0.315 e. The second kappa shape index (κ2) is 3.92. The number of rotatable bonds is 3. The highest BCUT2D eigenvalue weighted by Crippen LogP contribution is 2.29. The zero-order chi connectivity index (χ0) is 13.8. The van der Waals surface area contributed by atoms with Crippen LogP contribution in [0.2, 0.25) is 0 Å². The number of carbonyl (C=O) groups is 2. The molecule has 0 saturated carbocycles. The van der Waals surface area contributed by atoms with Crippen LogP contribution >= 0.6 is 0 Å². The first-order valence-corrected chi connectivity index (χ1v) is 6.98. The van der Waals surface area contributed by atoms with Crippen LogP contribution in [0.5, 0.6) is 0 Å². The molecule has 19 heavy (non-hydrogen) atoms. The van der Waals surface area contributed by atoms with E-state index >= 15 is 0 Å². The van der Waals surface area contributed by atoms with Gasteiger partial charge in [0.2, 0.25) is 5.91 Å². The molecule has 1 atom stereocenters. The summed E-state index contributed by atoms with van der Waals surface area (Å²) in [7, 11) is -4.75. The summed E-state index contributed by atoms with van der Waals surface area (Å²) >= 11 is 0. The molecule has 3 aliphatic heterocycles. The summed E-state index contributed by atoms with van der Waals surface area (Å²) in [5.74, 6) is -0.0246. The molecule has 0 aromatic heterocycles. The molecule has 2 fully saturated rings. The van der Waals surface area contributed by atoms with E-state index in [1.54, 1.807) is 11.0 Å². The second-order valence-corrected chi connectivity index (χ2v) is 5.52. The third kappa shape index (κ3) is 2.07. The number of amides is 3. The molecule has 9 nitrogen and oxygen atoms in total.